The zero-order chi connectivity index (χ0) is 15.2. The van der Waals surface area contributed by atoms with Gasteiger partial charge in [-0.2, -0.15) is 0 Å². The maximum Gasteiger partial charge on any atom is 0.573 e. The van der Waals surface area contributed by atoms with Gasteiger partial charge in [0.05, 0.1) is 6.04 Å². The van der Waals surface area contributed by atoms with Crippen LogP contribution in [0.3, 0.4) is 0 Å². The first-order chi connectivity index (χ1) is 9.82. The molecular formula is C15H14F3NOS. The standard InChI is InChI=1S/C15H14F3NOS/c1-8-5-12(9(2)21-8)14-7-10-6-11(20-15(16,17)18)3-4-13(10)19-14/h3-6,14,19H,7H2,1-2H3. The third-order valence-corrected chi connectivity index (χ3v) is 4.50. The van der Waals surface area contributed by atoms with Crippen LogP contribution in [-0.4, -0.2) is 6.36 Å². The fourth-order valence-corrected chi connectivity index (χ4v) is 3.71. The van der Waals surface area contributed by atoms with E-state index >= 15 is 0 Å². The molecular weight excluding hydrogens is 299 g/mol. The van der Waals surface area contributed by atoms with Crippen molar-refractivity contribution < 1.29 is 17.9 Å². The van der Waals surface area contributed by atoms with E-state index in [1.54, 1.807) is 17.4 Å². The molecule has 0 spiro atoms. The molecule has 0 saturated carbocycles. The van der Waals surface area contributed by atoms with Crippen molar-refractivity contribution in [1.29, 1.82) is 0 Å². The predicted octanol–water partition coefficient (Wildman–Crippen LogP) is 4.97. The minimum absolute atomic E-state index is 0.117. The first-order valence-electron chi connectivity index (χ1n) is 6.54. The second-order valence-electron chi connectivity index (χ2n) is 5.14. The maximum atomic E-state index is 12.3. The number of benzene rings is 1. The van der Waals surface area contributed by atoms with E-state index in [1.807, 2.05) is 0 Å². The third kappa shape index (κ3) is 3.00. The number of anilines is 1. The normalized spacial score (nSPS) is 17.5. The number of ether oxygens (including phenoxy) is 1. The van der Waals surface area contributed by atoms with Crippen LogP contribution in [0.15, 0.2) is 24.3 Å². The van der Waals surface area contributed by atoms with Gasteiger partial charge in [0.25, 0.3) is 0 Å². The summed E-state index contributed by atoms with van der Waals surface area (Å²) in [6.45, 7) is 4.12. The van der Waals surface area contributed by atoms with Gasteiger partial charge in [0, 0.05) is 15.4 Å². The highest BCUT2D eigenvalue weighted by Crippen LogP contribution is 2.39. The first-order valence-corrected chi connectivity index (χ1v) is 7.35. The number of alkyl halides is 3. The quantitative estimate of drug-likeness (QED) is 0.845. The second-order valence-corrected chi connectivity index (χ2v) is 6.60. The Morgan fingerprint density at radius 2 is 2.00 bits per heavy atom. The van der Waals surface area contributed by atoms with Gasteiger partial charge in [-0.25, -0.2) is 0 Å². The summed E-state index contributed by atoms with van der Waals surface area (Å²) in [5.41, 5.74) is 2.94. The molecule has 1 aromatic heterocycles. The van der Waals surface area contributed by atoms with Crippen molar-refractivity contribution in [3.63, 3.8) is 0 Å². The first kappa shape index (κ1) is 14.3. The van der Waals surface area contributed by atoms with Gasteiger partial charge in [-0.1, -0.05) is 0 Å². The molecule has 1 aromatic carbocycles. The Labute approximate surface area is 124 Å². The van der Waals surface area contributed by atoms with Gasteiger partial charge in [0.15, 0.2) is 0 Å². The van der Waals surface area contributed by atoms with Crippen LogP contribution in [0.2, 0.25) is 0 Å². The van der Waals surface area contributed by atoms with Crippen molar-refractivity contribution in [3.05, 3.63) is 45.1 Å². The Morgan fingerprint density at radius 3 is 2.62 bits per heavy atom. The molecule has 1 aliphatic rings. The number of aryl methyl sites for hydroxylation is 2. The van der Waals surface area contributed by atoms with Crippen LogP contribution in [0.1, 0.15) is 26.9 Å². The highest BCUT2D eigenvalue weighted by atomic mass is 32.1. The van der Waals surface area contributed by atoms with Crippen LogP contribution < -0.4 is 10.1 Å². The summed E-state index contributed by atoms with van der Waals surface area (Å²) >= 11 is 1.73. The Hall–Kier alpha value is -1.69. The van der Waals surface area contributed by atoms with E-state index in [4.69, 9.17) is 0 Å². The van der Waals surface area contributed by atoms with Crippen molar-refractivity contribution >= 4 is 17.0 Å². The Balaban J connectivity index is 1.83. The molecule has 0 radical (unpaired) electrons. The number of nitrogens with one attached hydrogen (secondary N) is 1. The monoisotopic (exact) mass is 313 g/mol. The fraction of sp³-hybridized carbons (Fsp3) is 0.333. The lowest BCUT2D eigenvalue weighted by Crippen LogP contribution is -2.17. The molecule has 1 aliphatic heterocycles. The smallest absolute Gasteiger partial charge is 0.406 e. The van der Waals surface area contributed by atoms with Crippen molar-refractivity contribution in [2.75, 3.05) is 5.32 Å². The summed E-state index contributed by atoms with van der Waals surface area (Å²) in [5, 5.41) is 3.36. The number of hydrogen-bond donors (Lipinski definition) is 1. The Kier molecular flexibility index (Phi) is 3.36. The van der Waals surface area contributed by atoms with Crippen LogP contribution in [0.25, 0.3) is 0 Å². The molecule has 21 heavy (non-hydrogen) atoms. The highest BCUT2D eigenvalue weighted by molar-refractivity contribution is 7.12. The Bertz CT molecular complexity index is 678. The summed E-state index contributed by atoms with van der Waals surface area (Å²) in [7, 11) is 0. The van der Waals surface area contributed by atoms with Gasteiger partial charge in [-0.3, -0.25) is 0 Å². The summed E-state index contributed by atoms with van der Waals surface area (Å²) in [5.74, 6) is -0.165. The molecule has 0 bridgehead atoms. The molecule has 0 amide bonds. The zero-order valence-corrected chi connectivity index (χ0v) is 12.4. The largest absolute Gasteiger partial charge is 0.573 e. The fourth-order valence-electron chi connectivity index (χ4n) is 2.72. The van der Waals surface area contributed by atoms with E-state index in [9.17, 15) is 13.2 Å². The van der Waals surface area contributed by atoms with E-state index < -0.39 is 6.36 Å². The lowest BCUT2D eigenvalue weighted by atomic mass is 10.0. The maximum absolute atomic E-state index is 12.3. The summed E-state index contributed by atoms with van der Waals surface area (Å²) in [4.78, 5) is 2.48. The number of fused-ring (bicyclic) bond motifs is 1. The van der Waals surface area contributed by atoms with Crippen LogP contribution >= 0.6 is 11.3 Å². The zero-order valence-electron chi connectivity index (χ0n) is 11.5. The van der Waals surface area contributed by atoms with E-state index in [0.29, 0.717) is 6.42 Å². The van der Waals surface area contributed by atoms with Crippen LogP contribution in [-0.2, 0) is 6.42 Å². The van der Waals surface area contributed by atoms with Crippen LogP contribution in [0, 0.1) is 13.8 Å². The predicted molar refractivity (Wildman–Crippen MR) is 77.0 cm³/mol. The molecule has 112 valence electrons. The van der Waals surface area contributed by atoms with E-state index in [2.05, 4.69) is 30.0 Å². The number of halogens is 3. The molecule has 1 unspecified atom stereocenters. The third-order valence-electron chi connectivity index (χ3n) is 3.52. The van der Waals surface area contributed by atoms with Gasteiger partial charge in [0.1, 0.15) is 5.75 Å². The second kappa shape index (κ2) is 4.94. The highest BCUT2D eigenvalue weighted by Gasteiger charge is 2.32. The average Bonchev–Trinajstić information content (AvgIpc) is 2.89. The lowest BCUT2D eigenvalue weighted by molar-refractivity contribution is -0.274. The number of rotatable bonds is 2. The molecule has 1 atom stereocenters. The molecule has 2 aromatic rings. The van der Waals surface area contributed by atoms with Crippen molar-refractivity contribution in [2.24, 2.45) is 0 Å². The van der Waals surface area contributed by atoms with Gasteiger partial charge in [0.2, 0.25) is 0 Å². The van der Waals surface area contributed by atoms with Gasteiger partial charge in [-0.05, 0) is 55.7 Å². The van der Waals surface area contributed by atoms with Crippen LogP contribution in [0.4, 0.5) is 18.9 Å². The topological polar surface area (TPSA) is 21.3 Å². The van der Waals surface area contributed by atoms with Crippen molar-refractivity contribution in [1.82, 2.24) is 0 Å². The van der Waals surface area contributed by atoms with E-state index in [0.717, 1.165) is 11.3 Å². The molecule has 1 N–H and O–H groups in total. The molecule has 2 nitrogen and oxygen atoms in total. The van der Waals surface area contributed by atoms with E-state index in [1.165, 1.54) is 27.5 Å². The minimum Gasteiger partial charge on any atom is -0.406 e. The number of thiophene rings is 1. The van der Waals surface area contributed by atoms with Gasteiger partial charge >= 0.3 is 6.36 Å². The van der Waals surface area contributed by atoms with Crippen LogP contribution in [0.5, 0.6) is 5.75 Å². The molecule has 6 heteroatoms. The lowest BCUT2D eigenvalue weighted by Gasteiger charge is -2.10. The summed E-state index contributed by atoms with van der Waals surface area (Å²) < 4.78 is 40.7. The molecule has 0 saturated heterocycles. The SMILES string of the molecule is Cc1cc(C2Cc3cc(OC(F)(F)F)ccc3N2)c(C)s1. The van der Waals surface area contributed by atoms with Gasteiger partial charge in [-0.15, -0.1) is 24.5 Å². The molecule has 2 heterocycles. The summed E-state index contributed by atoms with van der Waals surface area (Å²) in [6, 6.07) is 6.70. The van der Waals surface area contributed by atoms with Crippen molar-refractivity contribution in [3.8, 4) is 5.75 Å². The van der Waals surface area contributed by atoms with Crippen molar-refractivity contribution in [2.45, 2.75) is 32.7 Å². The Morgan fingerprint density at radius 1 is 1.24 bits per heavy atom. The average molecular weight is 313 g/mol. The van der Waals surface area contributed by atoms with Gasteiger partial charge < -0.3 is 10.1 Å². The molecule has 0 aliphatic carbocycles. The minimum atomic E-state index is -4.65. The molecule has 3 rings (SSSR count). The van der Waals surface area contributed by atoms with E-state index in [-0.39, 0.29) is 11.8 Å². The summed E-state index contributed by atoms with van der Waals surface area (Å²) in [6.07, 6.45) is -3.98. The molecule has 0 fully saturated rings. The number of hydrogen-bond acceptors (Lipinski definition) is 3.